The Balaban J connectivity index is 2.03. The molecular weight excluding hydrogens is 236 g/mol. The fourth-order valence-corrected chi connectivity index (χ4v) is 3.08. The summed E-state index contributed by atoms with van der Waals surface area (Å²) in [5, 5.41) is 0. The summed E-state index contributed by atoms with van der Waals surface area (Å²) >= 11 is 0. The zero-order valence-electron chi connectivity index (χ0n) is 11.1. The van der Waals surface area contributed by atoms with Gasteiger partial charge in [0.2, 0.25) is 0 Å². The van der Waals surface area contributed by atoms with Crippen LogP contribution in [0.2, 0.25) is 0 Å². The van der Waals surface area contributed by atoms with Gasteiger partial charge in [0, 0.05) is 5.92 Å². The minimum absolute atomic E-state index is 0.0550. The van der Waals surface area contributed by atoms with Gasteiger partial charge in [-0.2, -0.15) is 0 Å². The van der Waals surface area contributed by atoms with Gasteiger partial charge in [0.25, 0.3) is 0 Å². The van der Waals surface area contributed by atoms with Gasteiger partial charge in [-0.05, 0) is 26.7 Å². The van der Waals surface area contributed by atoms with Crippen molar-refractivity contribution >= 4 is 11.9 Å². The van der Waals surface area contributed by atoms with Crippen molar-refractivity contribution in [3.05, 3.63) is 0 Å². The van der Waals surface area contributed by atoms with Crippen LogP contribution in [0.5, 0.6) is 0 Å². The molecule has 0 bridgehead atoms. The molecule has 0 aromatic heterocycles. The topological polar surface area (TPSA) is 65.1 Å². The molecule has 1 unspecified atom stereocenters. The first-order valence-corrected chi connectivity index (χ1v) is 6.46. The van der Waals surface area contributed by atoms with Crippen LogP contribution < -0.4 is 0 Å². The molecule has 0 radical (unpaired) electrons. The Morgan fingerprint density at radius 3 is 2.67 bits per heavy atom. The van der Waals surface area contributed by atoms with Crippen LogP contribution in [-0.2, 0) is 23.8 Å². The van der Waals surface area contributed by atoms with E-state index in [1.165, 1.54) is 7.11 Å². The number of hydrogen-bond acceptors (Lipinski definition) is 5. The summed E-state index contributed by atoms with van der Waals surface area (Å²) in [6, 6.07) is 0. The summed E-state index contributed by atoms with van der Waals surface area (Å²) in [7, 11) is 1.40. The molecule has 1 aliphatic carbocycles. The summed E-state index contributed by atoms with van der Waals surface area (Å²) in [6.07, 6.45) is 2.16. The molecule has 1 saturated carbocycles. The smallest absolute Gasteiger partial charge is 0.338 e. The van der Waals surface area contributed by atoms with E-state index in [0.717, 1.165) is 19.3 Å². The van der Waals surface area contributed by atoms with Gasteiger partial charge in [0.1, 0.15) is 5.60 Å². The van der Waals surface area contributed by atoms with Crippen LogP contribution in [0.4, 0.5) is 0 Å². The molecule has 1 saturated heterocycles. The molecule has 0 aromatic carbocycles. The van der Waals surface area contributed by atoms with Crippen molar-refractivity contribution in [1.82, 2.24) is 0 Å². The van der Waals surface area contributed by atoms with Crippen LogP contribution in [0.3, 0.4) is 0 Å². The zero-order valence-corrected chi connectivity index (χ0v) is 11.1. The maximum Gasteiger partial charge on any atom is 0.338 e. The SMILES string of the molecule is CCOC(=O)C1O[C@]1(C)[C@@H]1CCC[C@H]1C(=O)OC. The lowest BCUT2D eigenvalue weighted by atomic mass is 9.82. The fraction of sp³-hybridized carbons (Fsp3) is 0.846. The van der Waals surface area contributed by atoms with Crippen LogP contribution >= 0.6 is 0 Å². The predicted octanol–water partition coefficient (Wildman–Crippen LogP) is 1.30. The molecule has 4 atom stereocenters. The number of epoxide rings is 1. The number of carbonyl (C=O) groups is 2. The van der Waals surface area contributed by atoms with Crippen LogP contribution in [0.1, 0.15) is 33.1 Å². The quantitative estimate of drug-likeness (QED) is 0.560. The van der Waals surface area contributed by atoms with E-state index in [2.05, 4.69) is 0 Å². The van der Waals surface area contributed by atoms with E-state index < -0.39 is 11.7 Å². The van der Waals surface area contributed by atoms with Crippen molar-refractivity contribution < 1.29 is 23.8 Å². The minimum Gasteiger partial charge on any atom is -0.469 e. The van der Waals surface area contributed by atoms with Gasteiger partial charge in [-0.25, -0.2) is 4.79 Å². The number of methoxy groups -OCH3 is 1. The third kappa shape index (κ3) is 2.11. The summed E-state index contributed by atoms with van der Waals surface area (Å²) in [5.74, 6) is -0.619. The van der Waals surface area contributed by atoms with Gasteiger partial charge in [0.05, 0.1) is 19.6 Å². The van der Waals surface area contributed by atoms with Gasteiger partial charge in [-0.1, -0.05) is 6.42 Å². The number of ether oxygens (including phenoxy) is 3. The van der Waals surface area contributed by atoms with E-state index in [0.29, 0.717) is 6.61 Å². The summed E-state index contributed by atoms with van der Waals surface area (Å²) < 4.78 is 15.3. The molecular formula is C13H20O5. The maximum atomic E-state index is 11.7. The van der Waals surface area contributed by atoms with Crippen molar-refractivity contribution in [1.29, 1.82) is 0 Å². The molecule has 1 heterocycles. The summed E-state index contributed by atoms with van der Waals surface area (Å²) in [6.45, 7) is 4.00. The number of carbonyl (C=O) groups excluding carboxylic acids is 2. The summed E-state index contributed by atoms with van der Waals surface area (Å²) in [5.41, 5.74) is -0.554. The molecule has 18 heavy (non-hydrogen) atoms. The standard InChI is InChI=1S/C13H20O5/c1-4-17-12(15)10-13(2,18-10)9-7-5-6-8(9)11(14)16-3/h8-10H,4-7H2,1-3H3/t8-,9-,10?,13-/m1/s1. The van der Waals surface area contributed by atoms with Gasteiger partial charge in [0.15, 0.2) is 6.10 Å². The molecule has 2 rings (SSSR count). The third-order valence-corrected chi connectivity index (χ3v) is 4.09. The Labute approximate surface area is 107 Å². The molecule has 1 aliphatic heterocycles. The number of rotatable bonds is 4. The van der Waals surface area contributed by atoms with Crippen LogP contribution in [-0.4, -0.2) is 37.4 Å². The Hall–Kier alpha value is -1.10. The third-order valence-electron chi connectivity index (χ3n) is 4.09. The molecule has 102 valence electrons. The van der Waals surface area contributed by atoms with Gasteiger partial charge in [-0.3, -0.25) is 4.79 Å². The molecule has 2 fully saturated rings. The van der Waals surface area contributed by atoms with E-state index in [1.807, 2.05) is 6.92 Å². The monoisotopic (exact) mass is 256 g/mol. The molecule has 0 spiro atoms. The molecule has 0 N–H and O–H groups in total. The first-order valence-electron chi connectivity index (χ1n) is 6.46. The Morgan fingerprint density at radius 1 is 1.33 bits per heavy atom. The second kappa shape index (κ2) is 4.88. The van der Waals surface area contributed by atoms with E-state index in [4.69, 9.17) is 14.2 Å². The minimum atomic E-state index is -0.554. The normalized spacial score (nSPS) is 38.3. The number of hydrogen-bond donors (Lipinski definition) is 0. The molecule has 5 nitrogen and oxygen atoms in total. The lowest BCUT2D eigenvalue weighted by Gasteiger charge is -2.21. The van der Waals surface area contributed by atoms with Crippen molar-refractivity contribution in [2.75, 3.05) is 13.7 Å². The Bertz CT molecular complexity index is 353. The van der Waals surface area contributed by atoms with E-state index in [-0.39, 0.29) is 23.8 Å². The number of esters is 2. The van der Waals surface area contributed by atoms with Crippen molar-refractivity contribution in [2.24, 2.45) is 11.8 Å². The highest BCUT2D eigenvalue weighted by Gasteiger charge is 2.65. The van der Waals surface area contributed by atoms with E-state index in [1.54, 1.807) is 6.92 Å². The molecule has 0 aromatic rings. The van der Waals surface area contributed by atoms with Crippen LogP contribution in [0.15, 0.2) is 0 Å². The van der Waals surface area contributed by atoms with E-state index >= 15 is 0 Å². The average molecular weight is 256 g/mol. The average Bonchev–Trinajstić information content (AvgIpc) is 2.83. The first-order chi connectivity index (χ1) is 8.54. The maximum absolute atomic E-state index is 11.7. The zero-order chi connectivity index (χ0) is 13.3. The fourth-order valence-electron chi connectivity index (χ4n) is 3.08. The highest BCUT2D eigenvalue weighted by Crippen LogP contribution is 2.52. The second-order valence-corrected chi connectivity index (χ2v) is 5.10. The van der Waals surface area contributed by atoms with Crippen LogP contribution in [0, 0.1) is 11.8 Å². The first kappa shape index (κ1) is 13.3. The van der Waals surface area contributed by atoms with E-state index in [9.17, 15) is 9.59 Å². The Morgan fingerprint density at radius 2 is 2.06 bits per heavy atom. The lowest BCUT2D eigenvalue weighted by molar-refractivity contribution is -0.148. The van der Waals surface area contributed by atoms with Gasteiger partial charge >= 0.3 is 11.9 Å². The van der Waals surface area contributed by atoms with Gasteiger partial charge < -0.3 is 14.2 Å². The van der Waals surface area contributed by atoms with Gasteiger partial charge in [-0.15, -0.1) is 0 Å². The lowest BCUT2D eigenvalue weighted by Crippen LogP contribution is -2.34. The second-order valence-electron chi connectivity index (χ2n) is 5.10. The highest BCUT2D eigenvalue weighted by molar-refractivity contribution is 5.80. The Kier molecular flexibility index (Phi) is 3.61. The molecule has 2 aliphatic rings. The largest absolute Gasteiger partial charge is 0.469 e. The van der Waals surface area contributed by atoms with Crippen molar-refractivity contribution in [3.8, 4) is 0 Å². The van der Waals surface area contributed by atoms with Crippen LogP contribution in [0.25, 0.3) is 0 Å². The molecule has 0 amide bonds. The predicted molar refractivity (Wildman–Crippen MR) is 62.8 cm³/mol. The van der Waals surface area contributed by atoms with Crippen molar-refractivity contribution in [3.63, 3.8) is 0 Å². The molecule has 5 heteroatoms. The highest BCUT2D eigenvalue weighted by atomic mass is 16.7. The summed E-state index contributed by atoms with van der Waals surface area (Å²) in [4.78, 5) is 23.4. The van der Waals surface area contributed by atoms with Crippen molar-refractivity contribution in [2.45, 2.75) is 44.8 Å².